The third-order valence-electron chi connectivity index (χ3n) is 1.48. The van der Waals surface area contributed by atoms with E-state index < -0.39 is 0 Å². The number of rotatable bonds is 2. The first kappa shape index (κ1) is 9.19. The largest absolute Gasteiger partial charge is 0.328 e. The van der Waals surface area contributed by atoms with Crippen LogP contribution in [0.25, 0.3) is 0 Å². The van der Waals surface area contributed by atoms with Crippen LogP contribution in [0.4, 0.5) is 10.1 Å². The molecule has 0 saturated heterocycles. The third kappa shape index (κ3) is 1.82. The van der Waals surface area contributed by atoms with E-state index in [2.05, 4.69) is 21.2 Å². The molecule has 0 aliphatic heterocycles. The van der Waals surface area contributed by atoms with Crippen molar-refractivity contribution in [1.82, 2.24) is 0 Å². The van der Waals surface area contributed by atoms with Gasteiger partial charge in [0.1, 0.15) is 5.82 Å². The van der Waals surface area contributed by atoms with Crippen molar-refractivity contribution >= 4 is 28.0 Å². The maximum Gasteiger partial charge on any atom is 0.211 e. The summed E-state index contributed by atoms with van der Waals surface area (Å²) in [5.41, 5.74) is 1.31. The Labute approximate surface area is 77.9 Å². The number of anilines is 1. The third-order valence-corrected chi connectivity index (χ3v) is 2.09. The highest BCUT2D eigenvalue weighted by Crippen LogP contribution is 2.23. The molecule has 0 radical (unpaired) electrons. The summed E-state index contributed by atoms with van der Waals surface area (Å²) < 4.78 is 13.2. The number of hydrogen-bond donors (Lipinski definition) is 1. The zero-order valence-corrected chi connectivity index (χ0v) is 7.98. The summed E-state index contributed by atoms with van der Waals surface area (Å²) in [7, 11) is 0. The average Bonchev–Trinajstić information content (AvgIpc) is 2.01. The van der Waals surface area contributed by atoms with E-state index in [1.165, 1.54) is 12.1 Å². The Morgan fingerprint density at radius 2 is 2.25 bits per heavy atom. The van der Waals surface area contributed by atoms with Crippen molar-refractivity contribution in [3.8, 4) is 0 Å². The molecule has 0 bridgehead atoms. The van der Waals surface area contributed by atoms with Crippen LogP contribution in [-0.2, 0) is 4.79 Å². The second-order valence-electron chi connectivity index (χ2n) is 2.34. The smallest absolute Gasteiger partial charge is 0.211 e. The Hall–Kier alpha value is -0.900. The van der Waals surface area contributed by atoms with Gasteiger partial charge in [0.2, 0.25) is 6.41 Å². The van der Waals surface area contributed by atoms with Gasteiger partial charge in [-0.2, -0.15) is 0 Å². The van der Waals surface area contributed by atoms with Crippen LogP contribution in [0.3, 0.4) is 0 Å². The summed E-state index contributed by atoms with van der Waals surface area (Å²) in [6, 6.07) is 2.88. The molecule has 0 aromatic heterocycles. The molecule has 0 unspecified atom stereocenters. The van der Waals surface area contributed by atoms with E-state index in [4.69, 9.17) is 0 Å². The fourth-order valence-electron chi connectivity index (χ4n) is 0.865. The van der Waals surface area contributed by atoms with Crippen molar-refractivity contribution in [2.75, 3.05) is 5.32 Å². The zero-order chi connectivity index (χ0) is 9.14. The number of carbonyl (C=O) groups excluding carboxylic acids is 1. The number of amides is 1. The molecule has 1 aromatic carbocycles. The van der Waals surface area contributed by atoms with Gasteiger partial charge in [-0.25, -0.2) is 4.39 Å². The number of halogens is 2. The molecule has 0 heterocycles. The summed E-state index contributed by atoms with van der Waals surface area (Å²) >= 11 is 3.02. The lowest BCUT2D eigenvalue weighted by Gasteiger charge is -2.04. The Kier molecular flexibility index (Phi) is 2.81. The minimum absolute atomic E-state index is 0.330. The predicted molar refractivity (Wildman–Crippen MR) is 48.5 cm³/mol. The Morgan fingerprint density at radius 1 is 1.58 bits per heavy atom. The SMILES string of the molecule is Cc1cc(F)c(Br)cc1NC=O. The molecule has 64 valence electrons. The van der Waals surface area contributed by atoms with Crippen LogP contribution >= 0.6 is 15.9 Å². The highest BCUT2D eigenvalue weighted by molar-refractivity contribution is 9.10. The van der Waals surface area contributed by atoms with Gasteiger partial charge in [-0.15, -0.1) is 0 Å². The molecule has 0 atom stereocenters. The molecule has 4 heteroatoms. The molecule has 0 fully saturated rings. The normalized spacial score (nSPS) is 9.58. The zero-order valence-electron chi connectivity index (χ0n) is 6.40. The Morgan fingerprint density at radius 3 is 2.83 bits per heavy atom. The van der Waals surface area contributed by atoms with Gasteiger partial charge in [-0.1, -0.05) is 0 Å². The van der Waals surface area contributed by atoms with E-state index in [0.717, 1.165) is 0 Å². The van der Waals surface area contributed by atoms with Crippen LogP contribution in [0, 0.1) is 12.7 Å². The second kappa shape index (κ2) is 3.67. The van der Waals surface area contributed by atoms with Crippen LogP contribution in [0.1, 0.15) is 5.56 Å². The highest BCUT2D eigenvalue weighted by Gasteiger charge is 2.03. The molecule has 12 heavy (non-hydrogen) atoms. The van der Waals surface area contributed by atoms with E-state index in [0.29, 0.717) is 22.1 Å². The quantitative estimate of drug-likeness (QED) is 0.779. The summed E-state index contributed by atoms with van der Waals surface area (Å²) in [6.45, 7) is 1.72. The fraction of sp³-hybridized carbons (Fsp3) is 0.125. The van der Waals surface area contributed by atoms with Crippen molar-refractivity contribution in [3.63, 3.8) is 0 Å². The molecule has 1 amide bonds. The predicted octanol–water partition coefficient (Wildman–Crippen LogP) is 2.46. The molecular weight excluding hydrogens is 225 g/mol. The van der Waals surface area contributed by atoms with Gasteiger partial charge in [0.15, 0.2) is 0 Å². The van der Waals surface area contributed by atoms with Gasteiger partial charge in [0.25, 0.3) is 0 Å². The van der Waals surface area contributed by atoms with Crippen molar-refractivity contribution < 1.29 is 9.18 Å². The molecule has 0 saturated carbocycles. The van der Waals surface area contributed by atoms with E-state index >= 15 is 0 Å². The van der Waals surface area contributed by atoms with E-state index in [1.54, 1.807) is 6.92 Å². The molecule has 0 spiro atoms. The Bertz CT molecular complexity index is 314. The lowest BCUT2D eigenvalue weighted by molar-refractivity contribution is -0.105. The summed E-state index contributed by atoms with van der Waals surface area (Å²) in [5.74, 6) is -0.330. The van der Waals surface area contributed by atoms with Gasteiger partial charge in [0.05, 0.1) is 4.47 Å². The molecule has 1 rings (SSSR count). The first-order valence-electron chi connectivity index (χ1n) is 3.31. The molecule has 1 aromatic rings. The highest BCUT2D eigenvalue weighted by atomic mass is 79.9. The molecule has 0 aliphatic rings. The van der Waals surface area contributed by atoms with Gasteiger partial charge < -0.3 is 5.32 Å². The standard InChI is InChI=1S/C8H7BrFNO/c1-5-2-7(10)6(9)3-8(5)11-4-12/h2-4H,1H3,(H,11,12). The topological polar surface area (TPSA) is 29.1 Å². The van der Waals surface area contributed by atoms with Crippen molar-refractivity contribution in [1.29, 1.82) is 0 Å². The van der Waals surface area contributed by atoms with Crippen LogP contribution in [0.2, 0.25) is 0 Å². The van der Waals surface area contributed by atoms with Crippen LogP contribution < -0.4 is 5.32 Å². The van der Waals surface area contributed by atoms with Gasteiger partial charge in [0, 0.05) is 5.69 Å². The first-order chi connectivity index (χ1) is 5.65. The van der Waals surface area contributed by atoms with Crippen LogP contribution in [0.5, 0.6) is 0 Å². The minimum atomic E-state index is -0.330. The molecular formula is C8H7BrFNO. The maximum atomic E-state index is 12.8. The molecule has 0 aliphatic carbocycles. The maximum absolute atomic E-state index is 12.8. The number of hydrogen-bond acceptors (Lipinski definition) is 1. The minimum Gasteiger partial charge on any atom is -0.328 e. The Balaban J connectivity index is 3.13. The number of benzene rings is 1. The van der Waals surface area contributed by atoms with Crippen LogP contribution in [-0.4, -0.2) is 6.41 Å². The molecule has 1 N–H and O–H groups in total. The molecule has 2 nitrogen and oxygen atoms in total. The number of aryl methyl sites for hydroxylation is 1. The summed E-state index contributed by atoms with van der Waals surface area (Å²) in [6.07, 6.45) is 0.562. The van der Waals surface area contributed by atoms with E-state index in [9.17, 15) is 9.18 Å². The van der Waals surface area contributed by atoms with Crippen LogP contribution in [0.15, 0.2) is 16.6 Å². The summed E-state index contributed by atoms with van der Waals surface area (Å²) in [4.78, 5) is 10.1. The first-order valence-corrected chi connectivity index (χ1v) is 4.10. The van der Waals surface area contributed by atoms with Crippen molar-refractivity contribution in [2.24, 2.45) is 0 Å². The number of carbonyl (C=O) groups is 1. The number of nitrogens with one attached hydrogen (secondary N) is 1. The summed E-state index contributed by atoms with van der Waals surface area (Å²) in [5, 5.41) is 2.47. The van der Waals surface area contributed by atoms with Crippen molar-refractivity contribution in [2.45, 2.75) is 6.92 Å². The van der Waals surface area contributed by atoms with E-state index in [-0.39, 0.29) is 5.82 Å². The van der Waals surface area contributed by atoms with Gasteiger partial charge >= 0.3 is 0 Å². The average molecular weight is 232 g/mol. The second-order valence-corrected chi connectivity index (χ2v) is 3.20. The van der Waals surface area contributed by atoms with Crippen molar-refractivity contribution in [3.05, 3.63) is 28.0 Å². The lowest BCUT2D eigenvalue weighted by atomic mass is 10.2. The fourth-order valence-corrected chi connectivity index (χ4v) is 1.21. The van der Waals surface area contributed by atoms with E-state index in [1.807, 2.05) is 0 Å². The van der Waals surface area contributed by atoms with Gasteiger partial charge in [-0.05, 0) is 40.5 Å². The lowest BCUT2D eigenvalue weighted by Crippen LogP contribution is -1.97. The monoisotopic (exact) mass is 231 g/mol. The van der Waals surface area contributed by atoms with Gasteiger partial charge in [-0.3, -0.25) is 4.79 Å².